The van der Waals surface area contributed by atoms with Gasteiger partial charge in [-0.1, -0.05) is 26.3 Å². The van der Waals surface area contributed by atoms with Gasteiger partial charge >= 0.3 is 5.97 Å². The van der Waals surface area contributed by atoms with Crippen molar-refractivity contribution in [3.63, 3.8) is 0 Å². The zero-order valence-electron chi connectivity index (χ0n) is 17.8. The molecule has 5 heteroatoms. The van der Waals surface area contributed by atoms with E-state index in [4.69, 9.17) is 9.47 Å². The average Bonchev–Trinajstić information content (AvgIpc) is 3.16. The molecule has 158 valence electrons. The van der Waals surface area contributed by atoms with Gasteiger partial charge in [-0.3, -0.25) is 9.59 Å². The monoisotopic (exact) mass is 416 g/mol. The molecule has 6 rings (SSSR count). The number of carbonyl (C=O) groups is 2. The van der Waals surface area contributed by atoms with Crippen LogP contribution in [0.4, 0.5) is 0 Å². The van der Waals surface area contributed by atoms with Crippen LogP contribution in [0.15, 0.2) is 11.6 Å². The van der Waals surface area contributed by atoms with Gasteiger partial charge in [0.25, 0.3) is 0 Å². The fourth-order valence-electron chi connectivity index (χ4n) is 8.62. The van der Waals surface area contributed by atoms with E-state index in [1.807, 2.05) is 6.08 Å². The van der Waals surface area contributed by atoms with Gasteiger partial charge in [0.15, 0.2) is 5.78 Å². The van der Waals surface area contributed by atoms with E-state index in [-0.39, 0.29) is 34.1 Å². The predicted molar refractivity (Wildman–Crippen MR) is 112 cm³/mol. The van der Waals surface area contributed by atoms with E-state index in [1.165, 1.54) is 5.57 Å². The Labute approximate surface area is 177 Å². The van der Waals surface area contributed by atoms with Gasteiger partial charge < -0.3 is 9.47 Å². The van der Waals surface area contributed by atoms with Crippen LogP contribution in [0.5, 0.6) is 0 Å². The van der Waals surface area contributed by atoms with Crippen molar-refractivity contribution in [3.8, 4) is 0 Å². The minimum absolute atomic E-state index is 0.00784. The lowest BCUT2D eigenvalue weighted by atomic mass is 9.46. The number of ketones is 1. The molecular formula is C24H32O4S. The van der Waals surface area contributed by atoms with Crippen LogP contribution in [0.3, 0.4) is 0 Å². The van der Waals surface area contributed by atoms with Crippen LogP contribution < -0.4 is 0 Å². The third kappa shape index (κ3) is 2.07. The molecule has 0 radical (unpaired) electrons. The average molecular weight is 417 g/mol. The van der Waals surface area contributed by atoms with Crippen LogP contribution in [0.25, 0.3) is 0 Å². The van der Waals surface area contributed by atoms with E-state index in [1.54, 1.807) is 0 Å². The molecule has 0 amide bonds. The number of rotatable bonds is 2. The molecule has 0 aromatic rings. The highest BCUT2D eigenvalue weighted by molar-refractivity contribution is 7.99. The van der Waals surface area contributed by atoms with Crippen molar-refractivity contribution >= 4 is 23.5 Å². The zero-order valence-corrected chi connectivity index (χ0v) is 18.6. The lowest BCUT2D eigenvalue weighted by molar-refractivity contribution is -0.164. The summed E-state index contributed by atoms with van der Waals surface area (Å²) < 4.78 is 12.9. The molecule has 0 aromatic carbocycles. The van der Waals surface area contributed by atoms with Gasteiger partial charge in [0.1, 0.15) is 11.2 Å². The molecule has 5 fully saturated rings. The van der Waals surface area contributed by atoms with Gasteiger partial charge in [0.05, 0.1) is 6.10 Å². The standard InChI is InChI=1S/C24H32O4S/c1-4-29-17-12-14-11-15(25)5-8-21(14,2)24-18(27-24)13-22(3)16(20(17)24)6-9-23(22)10-7-19(26)28-23/h11,16-18,20H,4-10,12-13H2,1-3H3/t16?,17-,18+,20?,21+,22+,23-,24-/m1/s1. The van der Waals surface area contributed by atoms with Gasteiger partial charge in [0, 0.05) is 34.8 Å². The summed E-state index contributed by atoms with van der Waals surface area (Å²) in [7, 11) is 0. The van der Waals surface area contributed by atoms with Crippen LogP contribution in [0, 0.1) is 22.7 Å². The molecular weight excluding hydrogens is 384 g/mol. The summed E-state index contributed by atoms with van der Waals surface area (Å²) in [5.41, 5.74) is 0.978. The topological polar surface area (TPSA) is 55.9 Å². The molecule has 0 aromatic heterocycles. The highest BCUT2D eigenvalue weighted by Crippen LogP contribution is 2.78. The number of fused-ring (bicyclic) bond motifs is 4. The molecule has 0 bridgehead atoms. The van der Waals surface area contributed by atoms with E-state index in [0.717, 1.165) is 44.3 Å². The summed E-state index contributed by atoms with van der Waals surface area (Å²) in [5, 5.41) is 0.493. The fraction of sp³-hybridized carbons (Fsp3) is 0.833. The first kappa shape index (κ1) is 18.9. The Kier molecular flexibility index (Phi) is 3.72. The Morgan fingerprint density at radius 1 is 1.17 bits per heavy atom. The Morgan fingerprint density at radius 2 is 2.00 bits per heavy atom. The molecule has 2 aliphatic heterocycles. The first-order chi connectivity index (χ1) is 13.8. The minimum atomic E-state index is -0.270. The normalized spacial score (nSPS) is 54.9. The summed E-state index contributed by atoms with van der Waals surface area (Å²) in [6.07, 6.45) is 9.42. The quantitative estimate of drug-likeness (QED) is 0.491. The summed E-state index contributed by atoms with van der Waals surface area (Å²) in [4.78, 5) is 24.4. The highest BCUT2D eigenvalue weighted by Gasteiger charge is 2.82. The molecule has 8 atom stereocenters. The van der Waals surface area contributed by atoms with Crippen molar-refractivity contribution in [2.75, 3.05) is 5.75 Å². The van der Waals surface area contributed by atoms with E-state index < -0.39 is 0 Å². The zero-order chi connectivity index (χ0) is 20.2. The van der Waals surface area contributed by atoms with Crippen molar-refractivity contribution in [1.29, 1.82) is 0 Å². The van der Waals surface area contributed by atoms with Gasteiger partial charge in [-0.05, 0) is 56.3 Å². The summed E-state index contributed by atoms with van der Waals surface area (Å²) in [6, 6.07) is 0. The number of epoxide rings is 1. The van der Waals surface area contributed by atoms with Crippen LogP contribution in [-0.2, 0) is 19.1 Å². The van der Waals surface area contributed by atoms with Crippen molar-refractivity contribution in [2.24, 2.45) is 22.7 Å². The molecule has 6 aliphatic rings. The van der Waals surface area contributed by atoms with E-state index in [0.29, 0.717) is 35.7 Å². The van der Waals surface area contributed by atoms with E-state index in [2.05, 4.69) is 32.5 Å². The Bertz CT molecular complexity index is 837. The summed E-state index contributed by atoms with van der Waals surface area (Å²) in [5.74, 6) is 2.40. The second-order valence-electron chi connectivity index (χ2n) is 10.8. The van der Waals surface area contributed by atoms with Crippen LogP contribution in [0.1, 0.15) is 72.1 Å². The number of hydrogen-bond acceptors (Lipinski definition) is 5. The lowest BCUT2D eigenvalue weighted by Gasteiger charge is -2.59. The first-order valence-corrected chi connectivity index (χ1v) is 12.6. The maximum absolute atomic E-state index is 12.3. The van der Waals surface area contributed by atoms with Gasteiger partial charge in [-0.15, -0.1) is 0 Å². The van der Waals surface area contributed by atoms with Crippen molar-refractivity contribution < 1.29 is 19.1 Å². The van der Waals surface area contributed by atoms with Gasteiger partial charge in [-0.25, -0.2) is 0 Å². The fourth-order valence-corrected chi connectivity index (χ4v) is 9.94. The van der Waals surface area contributed by atoms with Gasteiger partial charge in [-0.2, -0.15) is 11.8 Å². The van der Waals surface area contributed by atoms with Gasteiger partial charge in [0.2, 0.25) is 0 Å². The number of carbonyl (C=O) groups excluding carboxylic acids is 2. The Balaban J connectivity index is 1.46. The van der Waals surface area contributed by atoms with E-state index >= 15 is 0 Å². The minimum Gasteiger partial charge on any atom is -0.458 e. The maximum atomic E-state index is 12.3. The van der Waals surface area contributed by atoms with Crippen LogP contribution in [-0.4, -0.2) is 40.1 Å². The summed E-state index contributed by atoms with van der Waals surface area (Å²) >= 11 is 2.06. The molecule has 0 N–H and O–H groups in total. The van der Waals surface area contributed by atoms with Crippen LogP contribution >= 0.6 is 11.8 Å². The number of hydrogen-bond donors (Lipinski definition) is 0. The Morgan fingerprint density at radius 3 is 2.72 bits per heavy atom. The molecule has 2 saturated heterocycles. The number of esters is 1. The van der Waals surface area contributed by atoms with Crippen LogP contribution in [0.2, 0.25) is 0 Å². The largest absolute Gasteiger partial charge is 0.458 e. The maximum Gasteiger partial charge on any atom is 0.306 e. The molecule has 3 saturated carbocycles. The third-order valence-corrected chi connectivity index (χ3v) is 11.3. The molecule has 2 heterocycles. The van der Waals surface area contributed by atoms with Crippen molar-refractivity contribution in [3.05, 3.63) is 11.6 Å². The first-order valence-electron chi connectivity index (χ1n) is 11.5. The third-order valence-electron chi connectivity index (χ3n) is 10.0. The predicted octanol–water partition coefficient (Wildman–Crippen LogP) is 4.46. The molecule has 2 unspecified atom stereocenters. The number of ether oxygens (including phenoxy) is 2. The number of thioether (sulfide) groups is 1. The molecule has 29 heavy (non-hydrogen) atoms. The lowest BCUT2D eigenvalue weighted by Crippen LogP contribution is -2.63. The SMILES string of the molecule is CCS[C@@H]1CC2=CC(=O)CC[C@]2(C)[C@@]23O[C@H]2C[C@@]2(C)C(CC[C@@]24CCC(=O)O4)C13. The molecule has 4 aliphatic carbocycles. The second kappa shape index (κ2) is 5.70. The Hall–Kier alpha value is -0.810. The van der Waals surface area contributed by atoms with Crippen molar-refractivity contribution in [2.45, 2.75) is 94.7 Å². The van der Waals surface area contributed by atoms with Crippen molar-refractivity contribution in [1.82, 2.24) is 0 Å². The highest BCUT2D eigenvalue weighted by atomic mass is 32.2. The molecule has 4 nitrogen and oxygen atoms in total. The smallest absolute Gasteiger partial charge is 0.306 e. The second-order valence-corrected chi connectivity index (χ2v) is 12.3. The molecule has 2 spiro atoms. The van der Waals surface area contributed by atoms with E-state index in [9.17, 15) is 9.59 Å². The summed E-state index contributed by atoms with van der Waals surface area (Å²) in [6.45, 7) is 7.03.